The Bertz CT molecular complexity index is 811. The number of aromatic nitrogens is 2. The first-order valence-electron chi connectivity index (χ1n) is 6.40. The fraction of sp³-hybridized carbons (Fsp3) is 0.125. The average molecular weight is 282 g/mol. The molecule has 0 unspecified atom stereocenters. The van der Waals surface area contributed by atoms with Crippen molar-refractivity contribution in [3.8, 4) is 0 Å². The Balaban J connectivity index is 1.88. The first-order chi connectivity index (χ1) is 9.74. The third-order valence-corrected chi connectivity index (χ3v) is 4.30. The van der Waals surface area contributed by atoms with E-state index in [-0.39, 0.29) is 5.56 Å². The highest BCUT2D eigenvalue weighted by molar-refractivity contribution is 7.98. The smallest absolute Gasteiger partial charge is 0.258 e. The summed E-state index contributed by atoms with van der Waals surface area (Å²) in [6, 6.07) is 15.4. The number of pyridine rings is 1. The van der Waals surface area contributed by atoms with Crippen LogP contribution in [0, 0.1) is 6.92 Å². The van der Waals surface area contributed by atoms with Crippen LogP contribution in [0.5, 0.6) is 0 Å². The molecule has 20 heavy (non-hydrogen) atoms. The molecule has 0 radical (unpaired) electrons. The zero-order chi connectivity index (χ0) is 13.9. The van der Waals surface area contributed by atoms with Gasteiger partial charge in [-0.15, -0.1) is 11.8 Å². The Morgan fingerprint density at radius 2 is 1.95 bits per heavy atom. The molecule has 0 saturated heterocycles. The number of aryl methyl sites for hydroxylation is 1. The van der Waals surface area contributed by atoms with Gasteiger partial charge in [-0.3, -0.25) is 9.20 Å². The zero-order valence-corrected chi connectivity index (χ0v) is 11.9. The van der Waals surface area contributed by atoms with Crippen LogP contribution in [0.2, 0.25) is 0 Å². The van der Waals surface area contributed by atoms with Crippen LogP contribution in [0.25, 0.3) is 5.65 Å². The van der Waals surface area contributed by atoms with Gasteiger partial charge in [0.1, 0.15) is 5.65 Å². The minimum absolute atomic E-state index is 0.0315. The van der Waals surface area contributed by atoms with E-state index in [0.29, 0.717) is 11.4 Å². The summed E-state index contributed by atoms with van der Waals surface area (Å²) >= 11 is 1.71. The van der Waals surface area contributed by atoms with Crippen LogP contribution in [0.3, 0.4) is 0 Å². The maximum absolute atomic E-state index is 12.0. The molecule has 0 bridgehead atoms. The SMILES string of the molecule is Cc1ccccc1SCc1cc(=O)n2ccccc2n1. The molecule has 0 fully saturated rings. The van der Waals surface area contributed by atoms with Crippen LogP contribution in [-0.2, 0) is 5.75 Å². The van der Waals surface area contributed by atoms with Crippen molar-refractivity contribution in [3.63, 3.8) is 0 Å². The van der Waals surface area contributed by atoms with Gasteiger partial charge in [0.25, 0.3) is 5.56 Å². The van der Waals surface area contributed by atoms with Crippen molar-refractivity contribution in [2.24, 2.45) is 0 Å². The van der Waals surface area contributed by atoms with Gasteiger partial charge in [-0.2, -0.15) is 0 Å². The van der Waals surface area contributed by atoms with Crippen molar-refractivity contribution in [2.45, 2.75) is 17.6 Å². The van der Waals surface area contributed by atoms with E-state index in [1.165, 1.54) is 10.5 Å². The second-order valence-corrected chi connectivity index (χ2v) is 5.59. The minimum atomic E-state index is -0.0315. The lowest BCUT2D eigenvalue weighted by atomic mass is 10.2. The monoisotopic (exact) mass is 282 g/mol. The lowest BCUT2D eigenvalue weighted by Crippen LogP contribution is -2.14. The maximum Gasteiger partial charge on any atom is 0.258 e. The molecule has 0 aliphatic heterocycles. The van der Waals surface area contributed by atoms with Crippen molar-refractivity contribution in [2.75, 3.05) is 0 Å². The molecule has 3 nitrogen and oxygen atoms in total. The van der Waals surface area contributed by atoms with Gasteiger partial charge in [0.15, 0.2) is 0 Å². The van der Waals surface area contributed by atoms with E-state index >= 15 is 0 Å². The summed E-state index contributed by atoms with van der Waals surface area (Å²) in [4.78, 5) is 17.7. The predicted octanol–water partition coefficient (Wildman–Crippen LogP) is 3.30. The fourth-order valence-corrected chi connectivity index (χ4v) is 2.97. The summed E-state index contributed by atoms with van der Waals surface area (Å²) in [5.74, 6) is 0.700. The Hall–Kier alpha value is -2.07. The molecule has 0 aliphatic rings. The summed E-state index contributed by atoms with van der Waals surface area (Å²) in [6.45, 7) is 2.09. The fourth-order valence-electron chi connectivity index (χ4n) is 2.05. The van der Waals surface area contributed by atoms with Gasteiger partial charge in [0.05, 0.1) is 5.69 Å². The molecule has 0 spiro atoms. The third kappa shape index (κ3) is 2.60. The quantitative estimate of drug-likeness (QED) is 0.691. The van der Waals surface area contributed by atoms with Crippen LogP contribution >= 0.6 is 11.8 Å². The van der Waals surface area contributed by atoms with E-state index in [9.17, 15) is 4.79 Å². The van der Waals surface area contributed by atoms with Crippen LogP contribution in [0.1, 0.15) is 11.3 Å². The van der Waals surface area contributed by atoms with E-state index in [4.69, 9.17) is 0 Å². The molecular formula is C16H14N2OS. The number of rotatable bonds is 3. The minimum Gasteiger partial charge on any atom is -0.269 e. The van der Waals surface area contributed by atoms with Crippen molar-refractivity contribution in [1.29, 1.82) is 0 Å². The Labute approximate surface area is 121 Å². The second kappa shape index (κ2) is 5.51. The largest absolute Gasteiger partial charge is 0.269 e. The topological polar surface area (TPSA) is 34.4 Å². The number of nitrogens with zero attached hydrogens (tertiary/aromatic N) is 2. The Morgan fingerprint density at radius 3 is 2.80 bits per heavy atom. The number of benzene rings is 1. The van der Waals surface area contributed by atoms with Gasteiger partial charge in [0.2, 0.25) is 0 Å². The van der Waals surface area contributed by atoms with Gasteiger partial charge in [0, 0.05) is 22.9 Å². The van der Waals surface area contributed by atoms with Crippen LogP contribution in [0.15, 0.2) is 64.4 Å². The molecule has 0 N–H and O–H groups in total. The molecule has 100 valence electrons. The number of thioether (sulfide) groups is 1. The standard InChI is InChI=1S/C16H14N2OS/c1-12-6-2-3-7-14(12)20-11-13-10-16(19)18-9-5-4-8-15(18)17-13/h2-10H,11H2,1H3. The van der Waals surface area contributed by atoms with E-state index in [1.54, 1.807) is 28.4 Å². The van der Waals surface area contributed by atoms with Crippen LogP contribution in [-0.4, -0.2) is 9.38 Å². The molecule has 1 aromatic carbocycles. The highest BCUT2D eigenvalue weighted by Gasteiger charge is 2.04. The van der Waals surface area contributed by atoms with E-state index in [0.717, 1.165) is 5.69 Å². The maximum atomic E-state index is 12.0. The molecule has 0 aliphatic carbocycles. The summed E-state index contributed by atoms with van der Waals surface area (Å²) < 4.78 is 1.56. The normalized spacial score (nSPS) is 10.8. The van der Waals surface area contributed by atoms with Crippen LogP contribution in [0.4, 0.5) is 0 Å². The third-order valence-electron chi connectivity index (χ3n) is 3.09. The summed E-state index contributed by atoms with van der Waals surface area (Å²) in [6.07, 6.45) is 1.74. The van der Waals surface area contributed by atoms with E-state index < -0.39 is 0 Å². The molecule has 0 saturated carbocycles. The van der Waals surface area contributed by atoms with Crippen molar-refractivity contribution in [1.82, 2.24) is 9.38 Å². The molecular weight excluding hydrogens is 268 g/mol. The summed E-state index contributed by atoms with van der Waals surface area (Å²) in [5.41, 5.74) is 2.72. The second-order valence-electron chi connectivity index (χ2n) is 4.57. The average Bonchev–Trinajstić information content (AvgIpc) is 2.46. The Morgan fingerprint density at radius 1 is 1.15 bits per heavy atom. The van der Waals surface area contributed by atoms with Gasteiger partial charge >= 0.3 is 0 Å². The highest BCUT2D eigenvalue weighted by atomic mass is 32.2. The molecule has 3 rings (SSSR count). The molecule has 2 aromatic heterocycles. The highest BCUT2D eigenvalue weighted by Crippen LogP contribution is 2.24. The summed E-state index contributed by atoms with van der Waals surface area (Å²) in [7, 11) is 0. The van der Waals surface area contributed by atoms with Crippen molar-refractivity contribution >= 4 is 17.4 Å². The number of hydrogen-bond acceptors (Lipinski definition) is 3. The van der Waals surface area contributed by atoms with Crippen molar-refractivity contribution < 1.29 is 0 Å². The lowest BCUT2D eigenvalue weighted by Gasteiger charge is -2.06. The molecule has 0 atom stereocenters. The molecule has 4 heteroatoms. The summed E-state index contributed by atoms with van der Waals surface area (Å²) in [5, 5.41) is 0. The first-order valence-corrected chi connectivity index (χ1v) is 7.38. The molecule has 3 aromatic rings. The molecule has 2 heterocycles. The first kappa shape index (κ1) is 12.9. The molecule has 0 amide bonds. The van der Waals surface area contributed by atoms with Crippen molar-refractivity contribution in [3.05, 3.63) is 76.3 Å². The number of fused-ring (bicyclic) bond motifs is 1. The number of hydrogen-bond donors (Lipinski definition) is 0. The van der Waals surface area contributed by atoms with Crippen LogP contribution < -0.4 is 5.56 Å². The van der Waals surface area contributed by atoms with Gasteiger partial charge < -0.3 is 0 Å². The van der Waals surface area contributed by atoms with Gasteiger partial charge in [-0.1, -0.05) is 24.3 Å². The van der Waals surface area contributed by atoms with Gasteiger partial charge in [-0.05, 0) is 30.7 Å². The Kier molecular flexibility index (Phi) is 3.56. The lowest BCUT2D eigenvalue weighted by molar-refractivity contribution is 1.01. The van der Waals surface area contributed by atoms with Gasteiger partial charge in [-0.25, -0.2) is 4.98 Å². The zero-order valence-electron chi connectivity index (χ0n) is 11.1. The van der Waals surface area contributed by atoms with E-state index in [1.807, 2.05) is 30.3 Å². The van der Waals surface area contributed by atoms with E-state index in [2.05, 4.69) is 24.0 Å². The predicted molar refractivity (Wildman–Crippen MR) is 82.2 cm³/mol.